The van der Waals surface area contributed by atoms with Crippen LogP contribution in [0.2, 0.25) is 0 Å². The van der Waals surface area contributed by atoms with Crippen molar-refractivity contribution in [2.45, 2.75) is 84.4 Å². The van der Waals surface area contributed by atoms with Crippen molar-refractivity contribution < 1.29 is 17.9 Å². The molecular formula is C24H36N4O4S. The van der Waals surface area contributed by atoms with Crippen LogP contribution in [0.3, 0.4) is 0 Å². The minimum Gasteiger partial charge on any atom is -0.376 e. The summed E-state index contributed by atoms with van der Waals surface area (Å²) in [4.78, 5) is 13.5. The Morgan fingerprint density at radius 1 is 1.12 bits per heavy atom. The maximum absolute atomic E-state index is 13.3. The number of hydrogen-bond donors (Lipinski definition) is 0. The summed E-state index contributed by atoms with van der Waals surface area (Å²) in [6.07, 6.45) is 4.05. The monoisotopic (exact) mass is 476 g/mol. The molecule has 182 valence electrons. The van der Waals surface area contributed by atoms with Gasteiger partial charge in [0.2, 0.25) is 10.0 Å². The molecule has 0 spiro atoms. The van der Waals surface area contributed by atoms with Gasteiger partial charge in [0.05, 0.1) is 17.5 Å². The summed E-state index contributed by atoms with van der Waals surface area (Å²) in [5, 5.41) is 4.46. The number of piperidine rings is 1. The second kappa shape index (κ2) is 9.35. The maximum atomic E-state index is 13.3. The number of Topliss-reactive ketones (excluding diaryl/α,β-unsaturated/α-hetero) is 1. The third-order valence-electron chi connectivity index (χ3n) is 7.23. The van der Waals surface area contributed by atoms with E-state index in [0.29, 0.717) is 36.0 Å². The molecule has 4 heterocycles. The van der Waals surface area contributed by atoms with Crippen LogP contribution in [0.4, 0.5) is 0 Å². The van der Waals surface area contributed by atoms with Crippen LogP contribution in [-0.4, -0.2) is 58.7 Å². The van der Waals surface area contributed by atoms with Gasteiger partial charge in [-0.25, -0.2) is 8.42 Å². The van der Waals surface area contributed by atoms with Gasteiger partial charge in [-0.2, -0.15) is 9.40 Å². The number of aromatic nitrogens is 3. The van der Waals surface area contributed by atoms with E-state index in [1.165, 1.54) is 0 Å². The van der Waals surface area contributed by atoms with Crippen LogP contribution < -0.4 is 0 Å². The average Bonchev–Trinajstić information content (AvgIpc) is 3.44. The normalized spacial score (nSPS) is 20.6. The van der Waals surface area contributed by atoms with Crippen molar-refractivity contribution in [1.82, 2.24) is 18.7 Å². The van der Waals surface area contributed by atoms with Gasteiger partial charge in [0.25, 0.3) is 0 Å². The zero-order valence-electron chi connectivity index (χ0n) is 20.4. The highest BCUT2D eigenvalue weighted by Gasteiger charge is 2.33. The van der Waals surface area contributed by atoms with Crippen molar-refractivity contribution in [2.24, 2.45) is 5.92 Å². The molecule has 2 aliphatic heterocycles. The largest absolute Gasteiger partial charge is 0.376 e. The molecule has 0 amide bonds. The molecule has 0 saturated carbocycles. The molecule has 0 N–H and O–H groups in total. The summed E-state index contributed by atoms with van der Waals surface area (Å²) in [5.74, 6) is 0.473. The Kier molecular flexibility index (Phi) is 6.85. The fraction of sp³-hybridized carbons (Fsp3) is 0.667. The van der Waals surface area contributed by atoms with E-state index in [4.69, 9.17) is 4.74 Å². The molecule has 0 aliphatic carbocycles. The average molecular weight is 477 g/mol. The summed E-state index contributed by atoms with van der Waals surface area (Å²) in [6.45, 7) is 12.2. The fourth-order valence-electron chi connectivity index (χ4n) is 5.14. The van der Waals surface area contributed by atoms with Gasteiger partial charge in [-0.3, -0.25) is 9.48 Å². The van der Waals surface area contributed by atoms with Crippen molar-refractivity contribution in [3.8, 4) is 0 Å². The van der Waals surface area contributed by atoms with E-state index in [1.807, 2.05) is 19.9 Å². The van der Waals surface area contributed by atoms with Gasteiger partial charge in [0.15, 0.2) is 5.78 Å². The number of hydrogen-bond acceptors (Lipinski definition) is 5. The SMILES string of the molecule is Cc1nn(CC(=O)c2cc(C)n(CC3CCCO3)c2C)c(C)c1S(=O)(=O)N1CCC(C)CC1. The molecule has 0 radical (unpaired) electrons. The lowest BCUT2D eigenvalue weighted by Crippen LogP contribution is -2.38. The zero-order chi connectivity index (χ0) is 23.9. The second-order valence-electron chi connectivity index (χ2n) is 9.70. The molecule has 2 fully saturated rings. The quantitative estimate of drug-likeness (QED) is 0.572. The summed E-state index contributed by atoms with van der Waals surface area (Å²) in [6, 6.07) is 1.92. The summed E-state index contributed by atoms with van der Waals surface area (Å²) in [7, 11) is -3.63. The van der Waals surface area contributed by atoms with Crippen LogP contribution in [0.1, 0.15) is 65.7 Å². The Morgan fingerprint density at radius 2 is 1.82 bits per heavy atom. The number of aryl methyl sites for hydroxylation is 2. The molecule has 9 heteroatoms. The molecule has 2 aromatic heterocycles. The summed E-state index contributed by atoms with van der Waals surface area (Å²) in [5.41, 5.74) is 3.58. The number of sulfonamides is 1. The Morgan fingerprint density at radius 3 is 2.45 bits per heavy atom. The van der Waals surface area contributed by atoms with Crippen LogP contribution >= 0.6 is 0 Å². The predicted molar refractivity (Wildman–Crippen MR) is 126 cm³/mol. The maximum Gasteiger partial charge on any atom is 0.246 e. The van der Waals surface area contributed by atoms with E-state index in [1.54, 1.807) is 22.8 Å². The predicted octanol–water partition coefficient (Wildman–Crippen LogP) is 3.40. The smallest absolute Gasteiger partial charge is 0.246 e. The molecule has 33 heavy (non-hydrogen) atoms. The minimum atomic E-state index is -3.63. The molecule has 1 atom stereocenters. The number of ether oxygens (including phenoxy) is 1. The van der Waals surface area contributed by atoms with Gasteiger partial charge in [-0.1, -0.05) is 6.92 Å². The van der Waals surface area contributed by atoms with Crippen molar-refractivity contribution in [3.63, 3.8) is 0 Å². The standard InChI is InChI=1S/C24H36N4O4S/c1-16-8-10-26(11-9-16)33(30,31)24-18(3)25-28(20(24)5)15-23(29)22-13-17(2)27(19(22)4)14-21-7-6-12-32-21/h13,16,21H,6-12,14-15H2,1-5H3. The van der Waals surface area contributed by atoms with Crippen molar-refractivity contribution in [1.29, 1.82) is 0 Å². The van der Waals surface area contributed by atoms with Crippen molar-refractivity contribution >= 4 is 15.8 Å². The minimum absolute atomic E-state index is 0.0173. The van der Waals surface area contributed by atoms with Crippen LogP contribution in [0.15, 0.2) is 11.0 Å². The third kappa shape index (κ3) is 4.68. The van der Waals surface area contributed by atoms with Crippen molar-refractivity contribution in [3.05, 3.63) is 34.4 Å². The molecule has 4 rings (SSSR count). The first-order chi connectivity index (χ1) is 15.6. The van der Waals surface area contributed by atoms with Gasteiger partial charge in [-0.05, 0) is 65.4 Å². The van der Waals surface area contributed by atoms with Gasteiger partial charge < -0.3 is 9.30 Å². The van der Waals surface area contributed by atoms with E-state index >= 15 is 0 Å². The topological polar surface area (TPSA) is 86.4 Å². The zero-order valence-corrected chi connectivity index (χ0v) is 21.2. The van der Waals surface area contributed by atoms with Crippen molar-refractivity contribution in [2.75, 3.05) is 19.7 Å². The fourth-order valence-corrected chi connectivity index (χ4v) is 6.98. The number of carbonyl (C=O) groups is 1. The Balaban J connectivity index is 1.55. The van der Waals surface area contributed by atoms with E-state index in [-0.39, 0.29) is 23.3 Å². The number of nitrogens with zero attached hydrogens (tertiary/aromatic N) is 4. The Bertz CT molecular complexity index is 1130. The lowest BCUT2D eigenvalue weighted by molar-refractivity contribution is 0.0946. The Labute approximate surface area is 197 Å². The van der Waals surface area contributed by atoms with E-state index in [9.17, 15) is 13.2 Å². The van der Waals surface area contributed by atoms with Crippen LogP contribution in [0.5, 0.6) is 0 Å². The lowest BCUT2D eigenvalue weighted by Gasteiger charge is -2.29. The molecule has 8 nitrogen and oxygen atoms in total. The van der Waals surface area contributed by atoms with Crippen LogP contribution in [-0.2, 0) is 27.8 Å². The summed E-state index contributed by atoms with van der Waals surface area (Å²) >= 11 is 0. The third-order valence-corrected chi connectivity index (χ3v) is 9.38. The van der Waals surface area contributed by atoms with Gasteiger partial charge in [-0.15, -0.1) is 0 Å². The molecule has 1 unspecified atom stereocenters. The Hall–Kier alpha value is -1.97. The first-order valence-electron chi connectivity index (χ1n) is 11.9. The van der Waals surface area contributed by atoms with Gasteiger partial charge in [0.1, 0.15) is 11.4 Å². The highest BCUT2D eigenvalue weighted by Crippen LogP contribution is 2.28. The second-order valence-corrected chi connectivity index (χ2v) is 11.6. The highest BCUT2D eigenvalue weighted by molar-refractivity contribution is 7.89. The lowest BCUT2D eigenvalue weighted by atomic mass is 10.0. The van der Waals surface area contributed by atoms with Gasteiger partial charge >= 0.3 is 0 Å². The van der Waals surface area contributed by atoms with Crippen LogP contribution in [0.25, 0.3) is 0 Å². The summed E-state index contributed by atoms with van der Waals surface area (Å²) < 4.78 is 37.7. The van der Waals surface area contributed by atoms with Crippen LogP contribution in [0, 0.1) is 33.6 Å². The molecule has 2 saturated heterocycles. The highest BCUT2D eigenvalue weighted by atomic mass is 32.2. The first-order valence-corrected chi connectivity index (χ1v) is 13.4. The number of ketones is 1. The number of carbonyl (C=O) groups excluding carboxylic acids is 1. The molecular weight excluding hydrogens is 440 g/mol. The van der Waals surface area contributed by atoms with E-state index in [0.717, 1.165) is 50.2 Å². The van der Waals surface area contributed by atoms with Gasteiger partial charge in [0, 0.05) is 43.2 Å². The van der Waals surface area contributed by atoms with E-state index < -0.39 is 10.0 Å². The molecule has 0 aromatic carbocycles. The number of rotatable bonds is 7. The molecule has 0 bridgehead atoms. The molecule has 2 aromatic rings. The first kappa shape index (κ1) is 24.2. The van der Waals surface area contributed by atoms with E-state index in [2.05, 4.69) is 16.6 Å². The molecule has 2 aliphatic rings.